The molecule has 0 heterocycles. The second-order valence-electron chi connectivity index (χ2n) is 4.62. The van der Waals surface area contributed by atoms with Gasteiger partial charge in [0.1, 0.15) is 0 Å². The molecule has 0 spiro atoms. The fourth-order valence-electron chi connectivity index (χ4n) is 1.52. The van der Waals surface area contributed by atoms with Gasteiger partial charge in [-0.3, -0.25) is 0 Å². The van der Waals surface area contributed by atoms with Crippen LogP contribution >= 0.6 is 0 Å². The molecule has 0 aliphatic rings. The van der Waals surface area contributed by atoms with Crippen molar-refractivity contribution >= 4 is 18.1 Å². The molecule has 7 heteroatoms. The Morgan fingerprint density at radius 3 is 2.24 bits per heavy atom. The molecule has 1 rings (SSSR count). The van der Waals surface area contributed by atoms with Crippen molar-refractivity contribution in [3.63, 3.8) is 0 Å². The highest BCUT2D eigenvalue weighted by atomic mass is 16.6. The zero-order valence-electron chi connectivity index (χ0n) is 12.1. The molecular weight excluding hydrogens is 276 g/mol. The van der Waals surface area contributed by atoms with E-state index in [1.54, 1.807) is 44.2 Å². The Hall–Kier alpha value is -2.57. The van der Waals surface area contributed by atoms with Gasteiger partial charge in [0.25, 0.3) is 0 Å². The van der Waals surface area contributed by atoms with Gasteiger partial charge in [-0.2, -0.15) is 0 Å². The number of carboxylic acids is 1. The van der Waals surface area contributed by atoms with Gasteiger partial charge >= 0.3 is 18.1 Å². The van der Waals surface area contributed by atoms with Gasteiger partial charge in [-0.15, -0.1) is 0 Å². The van der Waals surface area contributed by atoms with Gasteiger partial charge in [0.15, 0.2) is 6.04 Å². The summed E-state index contributed by atoms with van der Waals surface area (Å²) in [5.74, 6) is -1.22. The van der Waals surface area contributed by atoms with Crippen LogP contribution in [-0.2, 0) is 9.53 Å². The lowest BCUT2D eigenvalue weighted by Crippen LogP contribution is -2.45. The molecule has 0 aliphatic carbocycles. The highest BCUT2D eigenvalue weighted by Gasteiger charge is 2.26. The van der Waals surface area contributed by atoms with Crippen molar-refractivity contribution in [2.45, 2.75) is 26.0 Å². The summed E-state index contributed by atoms with van der Waals surface area (Å²) in [4.78, 5) is 35.4. The van der Waals surface area contributed by atoms with Gasteiger partial charge in [-0.25, -0.2) is 19.3 Å². The molecule has 1 unspecified atom stereocenters. The van der Waals surface area contributed by atoms with E-state index in [4.69, 9.17) is 4.74 Å². The molecule has 1 atom stereocenters. The minimum atomic E-state index is -1.24. The number of nitrogens with one attached hydrogen (secondary N) is 1. The highest BCUT2D eigenvalue weighted by molar-refractivity contribution is 5.93. The van der Waals surface area contributed by atoms with Gasteiger partial charge in [0, 0.05) is 7.05 Å². The number of amides is 3. The monoisotopic (exact) mass is 294 g/mol. The molecule has 0 saturated heterocycles. The number of aliphatic carboxylic acids is 1. The minimum Gasteiger partial charge on any atom is -0.479 e. The normalized spacial score (nSPS) is 11.6. The molecule has 1 aromatic carbocycles. The second-order valence-corrected chi connectivity index (χ2v) is 4.62. The van der Waals surface area contributed by atoms with Crippen LogP contribution in [-0.4, -0.2) is 41.3 Å². The maximum atomic E-state index is 11.9. The molecule has 3 amide bonds. The lowest BCUT2D eigenvalue weighted by atomic mass is 10.1. The largest absolute Gasteiger partial charge is 0.479 e. The average Bonchev–Trinajstić information content (AvgIpc) is 2.43. The summed E-state index contributed by atoms with van der Waals surface area (Å²) >= 11 is 0. The molecule has 0 radical (unpaired) electrons. The van der Waals surface area contributed by atoms with Crippen LogP contribution in [0.4, 0.5) is 9.59 Å². The molecule has 114 valence electrons. The summed E-state index contributed by atoms with van der Waals surface area (Å²) in [5.41, 5.74) is 0.406. The number of hydrogen-bond acceptors (Lipinski definition) is 4. The summed E-state index contributed by atoms with van der Waals surface area (Å²) in [5, 5.41) is 11.5. The number of nitrogens with zero attached hydrogens (tertiary/aromatic N) is 1. The quantitative estimate of drug-likeness (QED) is 0.885. The zero-order valence-corrected chi connectivity index (χ0v) is 12.1. The molecule has 7 nitrogen and oxygen atoms in total. The number of carboxylic acid groups (broad SMARTS) is 1. The van der Waals surface area contributed by atoms with E-state index in [0.717, 1.165) is 0 Å². The van der Waals surface area contributed by atoms with Gasteiger partial charge in [0.2, 0.25) is 0 Å². The van der Waals surface area contributed by atoms with Crippen molar-refractivity contribution in [3.05, 3.63) is 35.9 Å². The number of carbonyl (C=O) groups excluding carboxylic acids is 2. The maximum Gasteiger partial charge on any atom is 0.417 e. The van der Waals surface area contributed by atoms with E-state index >= 15 is 0 Å². The zero-order chi connectivity index (χ0) is 16.0. The molecule has 0 bridgehead atoms. The Labute approximate surface area is 122 Å². The van der Waals surface area contributed by atoms with E-state index in [9.17, 15) is 19.5 Å². The molecule has 2 N–H and O–H groups in total. The first kappa shape index (κ1) is 16.5. The third kappa shape index (κ3) is 4.79. The number of hydrogen-bond donors (Lipinski definition) is 2. The molecule has 0 saturated carbocycles. The highest BCUT2D eigenvalue weighted by Crippen LogP contribution is 2.13. The Bertz CT molecular complexity index is 515. The Morgan fingerprint density at radius 1 is 1.19 bits per heavy atom. The number of rotatable bonds is 4. The standard InChI is InChI=1S/C14H18N2O5/c1-9(2)21-14(20)16(3)13(19)15-11(12(17)18)10-7-5-4-6-8-10/h4-9,11H,1-3H3,(H,15,19)(H,17,18). The molecule has 0 aliphatic heterocycles. The predicted octanol–water partition coefficient (Wildman–Crippen LogP) is 2.00. The molecule has 1 aromatic rings. The Balaban J connectivity index is 2.78. The van der Waals surface area contributed by atoms with Crippen molar-refractivity contribution in [2.75, 3.05) is 7.05 Å². The van der Waals surface area contributed by atoms with E-state index in [2.05, 4.69) is 5.32 Å². The lowest BCUT2D eigenvalue weighted by molar-refractivity contribution is -0.139. The van der Waals surface area contributed by atoms with E-state index in [-0.39, 0.29) is 6.10 Å². The fourth-order valence-corrected chi connectivity index (χ4v) is 1.52. The van der Waals surface area contributed by atoms with Crippen molar-refractivity contribution in [2.24, 2.45) is 0 Å². The van der Waals surface area contributed by atoms with Gasteiger partial charge in [0.05, 0.1) is 6.10 Å². The smallest absolute Gasteiger partial charge is 0.417 e. The summed E-state index contributed by atoms with van der Waals surface area (Å²) in [6, 6.07) is 6.11. The fraction of sp³-hybridized carbons (Fsp3) is 0.357. The van der Waals surface area contributed by atoms with Crippen molar-refractivity contribution in [1.29, 1.82) is 0 Å². The first-order valence-corrected chi connectivity index (χ1v) is 6.35. The summed E-state index contributed by atoms with van der Waals surface area (Å²) < 4.78 is 4.86. The molecule has 0 aromatic heterocycles. The molecular formula is C14H18N2O5. The number of urea groups is 1. The maximum absolute atomic E-state index is 11.9. The average molecular weight is 294 g/mol. The summed E-state index contributed by atoms with van der Waals surface area (Å²) in [6.45, 7) is 3.29. The lowest BCUT2D eigenvalue weighted by Gasteiger charge is -2.21. The first-order chi connectivity index (χ1) is 9.82. The Morgan fingerprint density at radius 2 is 1.76 bits per heavy atom. The van der Waals surface area contributed by atoms with E-state index < -0.39 is 24.1 Å². The van der Waals surface area contributed by atoms with Crippen LogP contribution in [0, 0.1) is 0 Å². The predicted molar refractivity (Wildman–Crippen MR) is 74.7 cm³/mol. The molecule has 0 fully saturated rings. The van der Waals surface area contributed by atoms with Crippen LogP contribution in [0.5, 0.6) is 0 Å². The van der Waals surface area contributed by atoms with Crippen LogP contribution in [0.15, 0.2) is 30.3 Å². The van der Waals surface area contributed by atoms with Gasteiger partial charge in [-0.05, 0) is 19.4 Å². The van der Waals surface area contributed by atoms with Crippen LogP contribution in [0.2, 0.25) is 0 Å². The summed E-state index contributed by atoms with van der Waals surface area (Å²) in [6.07, 6.45) is -1.23. The van der Waals surface area contributed by atoms with Crippen LogP contribution < -0.4 is 5.32 Å². The first-order valence-electron chi connectivity index (χ1n) is 6.35. The van der Waals surface area contributed by atoms with E-state index in [0.29, 0.717) is 10.5 Å². The number of benzene rings is 1. The van der Waals surface area contributed by atoms with E-state index in [1.165, 1.54) is 7.05 Å². The number of ether oxygens (including phenoxy) is 1. The summed E-state index contributed by atoms with van der Waals surface area (Å²) in [7, 11) is 1.21. The van der Waals surface area contributed by atoms with Crippen LogP contribution in [0.25, 0.3) is 0 Å². The SMILES string of the molecule is CC(C)OC(=O)N(C)C(=O)NC(C(=O)O)c1ccccc1. The third-order valence-electron chi connectivity index (χ3n) is 2.56. The van der Waals surface area contributed by atoms with Crippen molar-refractivity contribution < 1.29 is 24.2 Å². The van der Waals surface area contributed by atoms with Gasteiger partial charge in [-0.1, -0.05) is 30.3 Å². The minimum absolute atomic E-state index is 0.378. The van der Waals surface area contributed by atoms with Crippen molar-refractivity contribution in [1.82, 2.24) is 10.2 Å². The topological polar surface area (TPSA) is 95.9 Å². The van der Waals surface area contributed by atoms with E-state index in [1.807, 2.05) is 0 Å². The van der Waals surface area contributed by atoms with Crippen molar-refractivity contribution in [3.8, 4) is 0 Å². The van der Waals surface area contributed by atoms with Crippen LogP contribution in [0.1, 0.15) is 25.5 Å². The van der Waals surface area contributed by atoms with Crippen LogP contribution in [0.3, 0.4) is 0 Å². The Kier molecular flexibility index (Phi) is 5.71. The number of imide groups is 1. The number of carbonyl (C=O) groups is 3. The van der Waals surface area contributed by atoms with Gasteiger partial charge < -0.3 is 15.2 Å². The second kappa shape index (κ2) is 7.28. The third-order valence-corrected chi connectivity index (χ3v) is 2.56. The molecule has 21 heavy (non-hydrogen) atoms.